The lowest BCUT2D eigenvalue weighted by atomic mass is 10.2. The van der Waals surface area contributed by atoms with E-state index in [0.717, 1.165) is 0 Å². The second-order valence-electron chi connectivity index (χ2n) is 3.09. The Morgan fingerprint density at radius 3 is 1.73 bits per heavy atom. The fraction of sp³-hybridized carbons (Fsp3) is 0.714. The Morgan fingerprint density at radius 1 is 1.18 bits per heavy atom. The summed E-state index contributed by atoms with van der Waals surface area (Å²) in [5, 5.41) is 0. The first kappa shape index (κ1) is 8.74. The highest BCUT2D eigenvalue weighted by molar-refractivity contribution is 7.88. The van der Waals surface area contributed by atoms with Crippen LogP contribution in [0.4, 0.5) is 0 Å². The van der Waals surface area contributed by atoms with Crippen LogP contribution in [0, 0.1) is 0 Å². The van der Waals surface area contributed by atoms with Crippen LogP contribution in [-0.2, 0) is 10.0 Å². The van der Waals surface area contributed by atoms with Crippen molar-refractivity contribution in [2.45, 2.75) is 13.8 Å². The zero-order chi connectivity index (χ0) is 8.65. The van der Waals surface area contributed by atoms with Gasteiger partial charge in [0.25, 0.3) is 0 Å². The molecule has 0 aromatic heterocycles. The van der Waals surface area contributed by atoms with Gasteiger partial charge in [-0.2, -0.15) is 4.31 Å². The summed E-state index contributed by atoms with van der Waals surface area (Å²) in [4.78, 5) is 0. The van der Waals surface area contributed by atoms with Gasteiger partial charge in [-0.3, -0.25) is 0 Å². The van der Waals surface area contributed by atoms with Gasteiger partial charge in [0.1, 0.15) is 0 Å². The third-order valence-electron chi connectivity index (χ3n) is 2.02. The van der Waals surface area contributed by atoms with Crippen molar-refractivity contribution in [3.63, 3.8) is 0 Å². The number of rotatable bonds is 1. The Hall–Kier alpha value is -0.350. The average Bonchev–Trinajstić information content (AvgIpc) is 2.11. The summed E-state index contributed by atoms with van der Waals surface area (Å²) >= 11 is 0. The Labute approximate surface area is 67.8 Å². The fourth-order valence-electron chi connectivity index (χ4n) is 1.09. The molecule has 0 atom stereocenters. The molecular weight excluding hydrogens is 162 g/mol. The standard InChI is InChI=1S/C7H13NO2S/c1-6-4-8(5-7(6)2)11(3,9)10/h4-5H2,1-3H3. The first-order chi connectivity index (χ1) is 4.91. The number of hydrogen-bond donors (Lipinski definition) is 0. The van der Waals surface area contributed by atoms with Crippen LogP contribution >= 0.6 is 0 Å². The van der Waals surface area contributed by atoms with Gasteiger partial charge in [-0.15, -0.1) is 0 Å². The van der Waals surface area contributed by atoms with Crippen molar-refractivity contribution in [3.8, 4) is 0 Å². The summed E-state index contributed by atoms with van der Waals surface area (Å²) in [6.07, 6.45) is 1.25. The lowest BCUT2D eigenvalue weighted by molar-refractivity contribution is 0.487. The molecule has 0 fully saturated rings. The smallest absolute Gasteiger partial charge is 0.211 e. The van der Waals surface area contributed by atoms with Crippen LogP contribution in [0.2, 0.25) is 0 Å². The summed E-state index contributed by atoms with van der Waals surface area (Å²) in [5.74, 6) is 0. The molecule has 64 valence electrons. The first-order valence-corrected chi connectivity index (χ1v) is 5.36. The number of hydrogen-bond acceptors (Lipinski definition) is 2. The third kappa shape index (κ3) is 1.81. The molecule has 4 heteroatoms. The van der Waals surface area contributed by atoms with Gasteiger partial charge in [-0.25, -0.2) is 8.42 Å². The second-order valence-corrected chi connectivity index (χ2v) is 5.07. The van der Waals surface area contributed by atoms with Gasteiger partial charge in [-0.1, -0.05) is 11.1 Å². The van der Waals surface area contributed by atoms with Crippen molar-refractivity contribution in [2.24, 2.45) is 0 Å². The van der Waals surface area contributed by atoms with Crippen molar-refractivity contribution >= 4 is 10.0 Å². The maximum absolute atomic E-state index is 11.0. The van der Waals surface area contributed by atoms with Crippen LogP contribution in [-0.4, -0.2) is 32.1 Å². The monoisotopic (exact) mass is 175 g/mol. The van der Waals surface area contributed by atoms with Crippen LogP contribution in [0.1, 0.15) is 13.8 Å². The zero-order valence-electron chi connectivity index (χ0n) is 7.09. The lowest BCUT2D eigenvalue weighted by Crippen LogP contribution is -2.27. The number of nitrogens with zero attached hydrogens (tertiary/aromatic N) is 1. The largest absolute Gasteiger partial charge is 0.212 e. The van der Waals surface area contributed by atoms with E-state index >= 15 is 0 Å². The molecule has 0 aromatic rings. The normalized spacial score (nSPS) is 21.4. The SMILES string of the molecule is CC1=C(C)CN(S(C)(=O)=O)C1. The summed E-state index contributed by atoms with van der Waals surface area (Å²) < 4.78 is 23.5. The molecule has 0 spiro atoms. The summed E-state index contributed by atoms with van der Waals surface area (Å²) in [6.45, 7) is 5.09. The summed E-state index contributed by atoms with van der Waals surface area (Å²) in [6, 6.07) is 0. The van der Waals surface area contributed by atoms with E-state index in [1.54, 1.807) is 0 Å². The molecule has 1 rings (SSSR count). The van der Waals surface area contributed by atoms with Gasteiger partial charge in [0.15, 0.2) is 0 Å². The minimum Gasteiger partial charge on any atom is -0.212 e. The molecule has 0 amide bonds. The Bertz CT molecular complexity index is 276. The second kappa shape index (κ2) is 2.60. The fourth-order valence-corrected chi connectivity index (χ4v) is 1.95. The van der Waals surface area contributed by atoms with Crippen LogP contribution in [0.5, 0.6) is 0 Å². The van der Waals surface area contributed by atoms with E-state index in [0.29, 0.717) is 13.1 Å². The van der Waals surface area contributed by atoms with Crippen molar-refractivity contribution < 1.29 is 8.42 Å². The van der Waals surface area contributed by atoms with Crippen LogP contribution in [0.25, 0.3) is 0 Å². The summed E-state index contributed by atoms with van der Waals surface area (Å²) in [7, 11) is -2.98. The molecule has 0 saturated carbocycles. The molecular formula is C7H13NO2S. The lowest BCUT2D eigenvalue weighted by Gasteiger charge is -2.11. The summed E-state index contributed by atoms with van der Waals surface area (Å²) in [5.41, 5.74) is 2.35. The molecule has 0 radical (unpaired) electrons. The van der Waals surface area contributed by atoms with E-state index < -0.39 is 10.0 Å². The zero-order valence-corrected chi connectivity index (χ0v) is 7.90. The topological polar surface area (TPSA) is 37.4 Å². The predicted octanol–water partition coefficient (Wildman–Crippen LogP) is 0.598. The maximum Gasteiger partial charge on any atom is 0.211 e. The molecule has 0 bridgehead atoms. The van der Waals surface area contributed by atoms with Gasteiger partial charge >= 0.3 is 0 Å². The van der Waals surface area contributed by atoms with Gasteiger partial charge in [0, 0.05) is 13.1 Å². The van der Waals surface area contributed by atoms with Crippen molar-refractivity contribution in [1.29, 1.82) is 0 Å². The van der Waals surface area contributed by atoms with Gasteiger partial charge in [0.2, 0.25) is 10.0 Å². The predicted molar refractivity (Wildman–Crippen MR) is 44.8 cm³/mol. The molecule has 0 saturated heterocycles. The molecule has 11 heavy (non-hydrogen) atoms. The first-order valence-electron chi connectivity index (χ1n) is 3.51. The Kier molecular flexibility index (Phi) is 2.07. The van der Waals surface area contributed by atoms with E-state index in [1.807, 2.05) is 13.8 Å². The van der Waals surface area contributed by atoms with Crippen molar-refractivity contribution in [2.75, 3.05) is 19.3 Å². The van der Waals surface area contributed by atoms with Crippen molar-refractivity contribution in [3.05, 3.63) is 11.1 Å². The van der Waals surface area contributed by atoms with Crippen molar-refractivity contribution in [1.82, 2.24) is 4.31 Å². The minimum absolute atomic E-state index is 0.574. The third-order valence-corrected chi connectivity index (χ3v) is 3.22. The quantitative estimate of drug-likeness (QED) is 0.547. The molecule has 0 aromatic carbocycles. The Morgan fingerprint density at radius 2 is 1.55 bits per heavy atom. The van der Waals surface area contributed by atoms with E-state index in [1.165, 1.54) is 21.7 Å². The maximum atomic E-state index is 11.0. The molecule has 1 aliphatic heterocycles. The highest BCUT2D eigenvalue weighted by Crippen LogP contribution is 2.18. The molecule has 0 aliphatic carbocycles. The molecule has 1 aliphatic rings. The van der Waals surface area contributed by atoms with E-state index in [2.05, 4.69) is 0 Å². The number of sulfonamides is 1. The van der Waals surface area contributed by atoms with Crippen LogP contribution in [0.3, 0.4) is 0 Å². The average molecular weight is 175 g/mol. The highest BCUT2D eigenvalue weighted by atomic mass is 32.2. The van der Waals surface area contributed by atoms with Crippen LogP contribution < -0.4 is 0 Å². The molecule has 3 nitrogen and oxygen atoms in total. The molecule has 0 N–H and O–H groups in total. The molecule has 1 heterocycles. The van der Waals surface area contributed by atoms with E-state index in [4.69, 9.17) is 0 Å². The van der Waals surface area contributed by atoms with E-state index in [9.17, 15) is 8.42 Å². The van der Waals surface area contributed by atoms with Gasteiger partial charge < -0.3 is 0 Å². The van der Waals surface area contributed by atoms with Crippen LogP contribution in [0.15, 0.2) is 11.1 Å². The highest BCUT2D eigenvalue weighted by Gasteiger charge is 2.23. The molecule has 0 unspecified atom stereocenters. The Balaban J connectivity index is 2.77. The minimum atomic E-state index is -2.98. The van der Waals surface area contributed by atoms with E-state index in [-0.39, 0.29) is 0 Å². The van der Waals surface area contributed by atoms with Gasteiger partial charge in [0.05, 0.1) is 6.26 Å². The van der Waals surface area contributed by atoms with Gasteiger partial charge in [-0.05, 0) is 13.8 Å².